The lowest BCUT2D eigenvalue weighted by Gasteiger charge is -2.10. The average molecular weight is 803 g/mol. The number of rotatable bonds is 13. The van der Waals surface area contributed by atoms with Crippen molar-refractivity contribution in [1.82, 2.24) is 9.97 Å². The Hall–Kier alpha value is -8.14. The number of nitrogens with zero attached hydrogens (tertiary/aromatic N) is 5. The first-order valence-corrected chi connectivity index (χ1v) is 20.6. The molecule has 62 heavy (non-hydrogen) atoms. The van der Waals surface area contributed by atoms with E-state index in [9.17, 15) is 5.26 Å². The van der Waals surface area contributed by atoms with E-state index in [1.807, 2.05) is 140 Å². The minimum Gasteiger partial charge on any atom is -0.286 e. The molecule has 5 aromatic carbocycles. The van der Waals surface area contributed by atoms with Gasteiger partial charge in [-0.25, -0.2) is 20.0 Å². The fourth-order valence-corrected chi connectivity index (χ4v) is 6.85. The number of aromatic nitrogens is 2. The molecule has 0 radical (unpaired) electrons. The van der Waals surface area contributed by atoms with Crippen molar-refractivity contribution in [1.29, 1.82) is 10.7 Å². The normalized spacial score (nSPS) is 13.3. The van der Waals surface area contributed by atoms with Crippen LogP contribution in [-0.4, -0.2) is 27.9 Å². The fourth-order valence-electron chi connectivity index (χ4n) is 6.85. The highest BCUT2D eigenvalue weighted by Gasteiger charge is 2.11. The zero-order chi connectivity index (χ0) is 42.9. The zero-order valence-electron chi connectivity index (χ0n) is 34.7. The van der Waals surface area contributed by atoms with Crippen molar-refractivity contribution >= 4 is 29.5 Å². The van der Waals surface area contributed by atoms with Gasteiger partial charge in [0.25, 0.3) is 0 Å². The summed E-state index contributed by atoms with van der Waals surface area (Å²) in [4.78, 5) is 19.4. The molecule has 6 aromatic rings. The molecule has 0 amide bonds. The Morgan fingerprint density at radius 2 is 1.47 bits per heavy atom. The molecule has 300 valence electrons. The van der Waals surface area contributed by atoms with Crippen molar-refractivity contribution in [2.45, 2.75) is 26.2 Å². The van der Waals surface area contributed by atoms with Gasteiger partial charge < -0.3 is 0 Å². The Bertz CT molecular complexity index is 2840. The lowest BCUT2D eigenvalue weighted by Crippen LogP contribution is -2.04. The van der Waals surface area contributed by atoms with Gasteiger partial charge in [0, 0.05) is 29.3 Å². The summed E-state index contributed by atoms with van der Waals surface area (Å²) < 4.78 is 0. The molecule has 0 saturated carbocycles. The third kappa shape index (κ3) is 11.3. The van der Waals surface area contributed by atoms with Crippen molar-refractivity contribution in [2.24, 2.45) is 9.98 Å². The summed E-state index contributed by atoms with van der Waals surface area (Å²) in [6, 6.07) is 46.8. The lowest BCUT2D eigenvalue weighted by molar-refractivity contribution is 1.03. The number of nitriles is 1. The summed E-state index contributed by atoms with van der Waals surface area (Å²) in [7, 11) is 0. The number of benzene rings is 5. The summed E-state index contributed by atoms with van der Waals surface area (Å²) in [5.74, 6) is 1.28. The summed E-state index contributed by atoms with van der Waals surface area (Å²) in [5, 5.41) is 18.8. The maximum Gasteiger partial charge on any atom is 0.161 e. The highest BCUT2D eigenvalue weighted by molar-refractivity contribution is 6.10. The van der Waals surface area contributed by atoms with Crippen LogP contribution < -0.4 is 0 Å². The number of aliphatic imine (C=N–C) groups is 2. The molecule has 0 atom stereocenters. The van der Waals surface area contributed by atoms with E-state index in [2.05, 4.69) is 78.3 Å². The van der Waals surface area contributed by atoms with Crippen LogP contribution in [0, 0.1) is 16.7 Å². The molecule has 6 nitrogen and oxygen atoms in total. The van der Waals surface area contributed by atoms with Crippen LogP contribution in [0.4, 0.5) is 0 Å². The molecule has 1 N–H and O–H groups in total. The number of hydrogen-bond donors (Lipinski definition) is 1. The predicted molar refractivity (Wildman–Crippen MR) is 260 cm³/mol. The number of allylic oxidation sites excluding steroid dienone is 11. The Balaban J connectivity index is 1.20. The molecule has 0 fully saturated rings. The van der Waals surface area contributed by atoms with Gasteiger partial charge in [0.05, 0.1) is 23.0 Å². The van der Waals surface area contributed by atoms with Crippen LogP contribution in [0.25, 0.3) is 56.5 Å². The highest BCUT2D eigenvalue weighted by Crippen LogP contribution is 2.29. The first-order valence-electron chi connectivity index (χ1n) is 20.6. The molecular formula is C56H46N6. The van der Waals surface area contributed by atoms with Gasteiger partial charge in [0.2, 0.25) is 0 Å². The largest absolute Gasteiger partial charge is 0.286 e. The Kier molecular flexibility index (Phi) is 14.4. The van der Waals surface area contributed by atoms with Gasteiger partial charge in [-0.15, -0.1) is 0 Å². The summed E-state index contributed by atoms with van der Waals surface area (Å²) in [6.07, 6.45) is 25.9. The molecular weight excluding hydrogens is 757 g/mol. The van der Waals surface area contributed by atoms with Gasteiger partial charge in [-0.1, -0.05) is 170 Å². The number of nitrogens with one attached hydrogen (secondary N) is 1. The molecule has 0 unspecified atom stereocenters. The van der Waals surface area contributed by atoms with E-state index in [0.29, 0.717) is 23.6 Å². The smallest absolute Gasteiger partial charge is 0.161 e. The molecule has 0 aliphatic heterocycles. The average Bonchev–Trinajstić information content (AvgIpc) is 3.33. The SMILES string of the molecule is C=C/C(=C\C=C\c1cc(-c2ccc(-c3ccccc3)cc2)nc(-c2ccccc2)n1)c1cc(C#N)cc(-c2cccc(C(=N/C(=N)C/C=C\C=C/C)/N=C/C3=CCCC=C3)c2)c1. The molecule has 0 bridgehead atoms. The van der Waals surface area contributed by atoms with E-state index in [1.165, 1.54) is 0 Å². The minimum absolute atomic E-state index is 0.200. The fraction of sp³-hybridized carbons (Fsp3) is 0.0714. The van der Waals surface area contributed by atoms with Gasteiger partial charge in [0.15, 0.2) is 11.7 Å². The van der Waals surface area contributed by atoms with Crippen LogP contribution in [-0.2, 0) is 0 Å². The van der Waals surface area contributed by atoms with Crippen LogP contribution in [0.3, 0.4) is 0 Å². The van der Waals surface area contributed by atoms with E-state index >= 15 is 0 Å². The van der Waals surface area contributed by atoms with Crippen LogP contribution in [0.5, 0.6) is 0 Å². The summed E-state index contributed by atoms with van der Waals surface area (Å²) >= 11 is 0. The Morgan fingerprint density at radius 3 is 2.19 bits per heavy atom. The molecule has 1 heterocycles. The maximum absolute atomic E-state index is 10.2. The predicted octanol–water partition coefficient (Wildman–Crippen LogP) is 13.9. The van der Waals surface area contributed by atoms with Crippen LogP contribution in [0.15, 0.2) is 216 Å². The lowest BCUT2D eigenvalue weighted by atomic mass is 9.95. The molecule has 7 rings (SSSR count). The summed E-state index contributed by atoms with van der Waals surface area (Å²) in [5.41, 5.74) is 11.5. The minimum atomic E-state index is 0.200. The quantitative estimate of drug-likeness (QED) is 0.0715. The maximum atomic E-state index is 10.2. The second-order valence-corrected chi connectivity index (χ2v) is 14.5. The second kappa shape index (κ2) is 21.2. The Labute approximate surface area is 364 Å². The monoisotopic (exact) mass is 802 g/mol. The van der Waals surface area contributed by atoms with Crippen molar-refractivity contribution in [3.63, 3.8) is 0 Å². The van der Waals surface area contributed by atoms with Gasteiger partial charge in [-0.05, 0) is 95.1 Å². The first-order chi connectivity index (χ1) is 30.5. The van der Waals surface area contributed by atoms with Crippen molar-refractivity contribution < 1.29 is 0 Å². The number of hydrogen-bond acceptors (Lipinski definition) is 4. The second-order valence-electron chi connectivity index (χ2n) is 14.5. The first kappa shape index (κ1) is 42.0. The third-order valence-electron chi connectivity index (χ3n) is 10.0. The molecule has 1 aromatic heterocycles. The molecule has 0 spiro atoms. The van der Waals surface area contributed by atoms with E-state index in [0.717, 1.165) is 79.9 Å². The Morgan fingerprint density at radius 1 is 0.742 bits per heavy atom. The topological polar surface area (TPSA) is 98.1 Å². The molecule has 1 aliphatic carbocycles. The van der Waals surface area contributed by atoms with E-state index in [4.69, 9.17) is 20.4 Å². The van der Waals surface area contributed by atoms with Crippen LogP contribution >= 0.6 is 0 Å². The molecule has 0 saturated heterocycles. The van der Waals surface area contributed by atoms with E-state index < -0.39 is 0 Å². The van der Waals surface area contributed by atoms with Gasteiger partial charge in [-0.2, -0.15) is 5.26 Å². The van der Waals surface area contributed by atoms with Crippen molar-refractivity contribution in [2.75, 3.05) is 0 Å². The van der Waals surface area contributed by atoms with E-state index in [-0.39, 0.29) is 5.84 Å². The van der Waals surface area contributed by atoms with Gasteiger partial charge >= 0.3 is 0 Å². The number of amidine groups is 2. The molecule has 1 aliphatic rings. The highest BCUT2D eigenvalue weighted by atomic mass is 14.9. The standard InChI is InChI=1S/C56H46N6/c1-3-5-6-16-29-54(58)62-55(59-40-41-19-10-7-11-20-41)49-27-17-26-48(36-49)51-35-42(39-57)34-50(37-51)43(4-2)25-18-28-52-38-53(61-56(60-52)47-23-14-9-15-24-47)46-32-30-45(31-33-46)44-21-12-8-13-22-44/h3-6,8-10,12-28,30-38,40,58H,2,7,11,29H2,1H3/b5-3-,16-6-,28-18+,43-25+,58-54?,59-40+,62-55-. The van der Waals surface area contributed by atoms with Crippen molar-refractivity contribution in [3.8, 4) is 51.0 Å². The van der Waals surface area contributed by atoms with Gasteiger partial charge in [0.1, 0.15) is 5.84 Å². The van der Waals surface area contributed by atoms with Gasteiger partial charge in [-0.3, -0.25) is 5.41 Å². The van der Waals surface area contributed by atoms with Crippen molar-refractivity contribution in [3.05, 3.63) is 229 Å². The zero-order valence-corrected chi connectivity index (χ0v) is 34.7. The van der Waals surface area contributed by atoms with Crippen LogP contribution in [0.1, 0.15) is 48.6 Å². The summed E-state index contributed by atoms with van der Waals surface area (Å²) in [6.45, 7) is 6.09. The molecule has 6 heteroatoms. The third-order valence-corrected chi connectivity index (χ3v) is 10.0. The van der Waals surface area contributed by atoms with E-state index in [1.54, 1.807) is 12.3 Å². The van der Waals surface area contributed by atoms with Crippen LogP contribution in [0.2, 0.25) is 0 Å².